The lowest BCUT2D eigenvalue weighted by Gasteiger charge is -2.22. The number of benzene rings is 2. The van der Waals surface area contributed by atoms with Crippen LogP contribution in [0.5, 0.6) is 0 Å². The molecule has 1 aliphatic rings. The molecule has 4 rings (SSSR count). The van der Waals surface area contributed by atoms with Crippen molar-refractivity contribution in [3.05, 3.63) is 78.0 Å². The summed E-state index contributed by atoms with van der Waals surface area (Å²) in [5, 5.41) is 4.76. The van der Waals surface area contributed by atoms with Gasteiger partial charge in [-0.1, -0.05) is 54.6 Å². The van der Waals surface area contributed by atoms with Gasteiger partial charge in [-0.3, -0.25) is 9.98 Å². The smallest absolute Gasteiger partial charge is 0.193 e. The molecule has 1 atom stereocenters. The van der Waals surface area contributed by atoms with Crippen LogP contribution in [0, 0.1) is 5.92 Å². The zero-order valence-electron chi connectivity index (χ0n) is 16.9. The quantitative estimate of drug-likeness (QED) is 0.318. The topological polar surface area (TPSA) is 40.5 Å². The number of pyridine rings is 1. The van der Waals surface area contributed by atoms with Crippen molar-refractivity contribution in [3.8, 4) is 0 Å². The number of halogens is 1. The van der Waals surface area contributed by atoms with E-state index >= 15 is 0 Å². The van der Waals surface area contributed by atoms with Crippen molar-refractivity contribution in [1.82, 2.24) is 15.2 Å². The van der Waals surface area contributed by atoms with Crippen molar-refractivity contribution in [1.29, 1.82) is 0 Å². The summed E-state index contributed by atoms with van der Waals surface area (Å²) in [6.07, 6.45) is 5.18. The number of nitrogens with one attached hydrogen (secondary N) is 1. The van der Waals surface area contributed by atoms with Gasteiger partial charge in [-0.25, -0.2) is 0 Å². The minimum absolute atomic E-state index is 0. The molecule has 1 unspecified atom stereocenters. The van der Waals surface area contributed by atoms with E-state index in [9.17, 15) is 0 Å². The van der Waals surface area contributed by atoms with Gasteiger partial charge in [-0.2, -0.15) is 0 Å². The summed E-state index contributed by atoms with van der Waals surface area (Å²) in [5.74, 6) is 1.71. The van der Waals surface area contributed by atoms with Crippen LogP contribution >= 0.6 is 24.0 Å². The molecule has 2 aromatic carbocycles. The lowest BCUT2D eigenvalue weighted by atomic mass is 9.99. The Bertz CT molecular complexity index is 937. The Balaban J connectivity index is 0.00000240. The molecule has 1 aromatic heterocycles. The molecule has 1 saturated heterocycles. The van der Waals surface area contributed by atoms with Crippen molar-refractivity contribution >= 4 is 40.8 Å². The molecule has 0 radical (unpaired) electrons. The summed E-state index contributed by atoms with van der Waals surface area (Å²) in [7, 11) is 1.88. The maximum absolute atomic E-state index is 4.56. The highest BCUT2D eigenvalue weighted by atomic mass is 127. The van der Waals surface area contributed by atoms with Gasteiger partial charge in [0.25, 0.3) is 0 Å². The van der Waals surface area contributed by atoms with E-state index in [0.717, 1.165) is 44.0 Å². The summed E-state index contributed by atoms with van der Waals surface area (Å²) in [4.78, 5) is 11.5. The van der Waals surface area contributed by atoms with E-state index in [0.29, 0.717) is 5.92 Å². The number of para-hydroxylation sites is 1. The molecule has 1 fully saturated rings. The third-order valence-corrected chi connectivity index (χ3v) is 5.56. The van der Waals surface area contributed by atoms with Crippen LogP contribution in [0.4, 0.5) is 0 Å². The van der Waals surface area contributed by atoms with Gasteiger partial charge < -0.3 is 10.2 Å². The Morgan fingerprint density at radius 3 is 2.76 bits per heavy atom. The maximum Gasteiger partial charge on any atom is 0.193 e. The number of likely N-dealkylation sites (tertiary alicyclic amines) is 1. The molecular weight excluding hydrogens is 471 g/mol. The minimum Gasteiger partial charge on any atom is -0.356 e. The van der Waals surface area contributed by atoms with E-state index < -0.39 is 0 Å². The monoisotopic (exact) mass is 500 g/mol. The predicted octanol–water partition coefficient (Wildman–Crippen LogP) is 4.54. The minimum atomic E-state index is 0. The van der Waals surface area contributed by atoms with Gasteiger partial charge in [0.2, 0.25) is 0 Å². The standard InChI is InChI=1S/C24H28N4.HI/c1-25-24(28-16-13-20(18-28)17-19-7-3-2-4-8-19)27-15-12-22-10-5-9-21-11-6-14-26-23(21)22;/h2-11,14,20H,12-13,15-18H2,1H3,(H,25,27);1H. The van der Waals surface area contributed by atoms with Crippen LogP contribution in [0.2, 0.25) is 0 Å². The van der Waals surface area contributed by atoms with Gasteiger partial charge in [0.05, 0.1) is 5.52 Å². The Morgan fingerprint density at radius 1 is 1.10 bits per heavy atom. The molecular formula is C24H29IN4. The van der Waals surface area contributed by atoms with E-state index in [4.69, 9.17) is 0 Å². The van der Waals surface area contributed by atoms with Gasteiger partial charge >= 0.3 is 0 Å². The van der Waals surface area contributed by atoms with Gasteiger partial charge in [0.15, 0.2) is 5.96 Å². The second kappa shape index (κ2) is 10.6. The largest absolute Gasteiger partial charge is 0.356 e. The average Bonchev–Trinajstić information content (AvgIpc) is 3.20. The molecule has 29 heavy (non-hydrogen) atoms. The molecule has 4 nitrogen and oxygen atoms in total. The zero-order chi connectivity index (χ0) is 19.2. The van der Waals surface area contributed by atoms with Gasteiger partial charge in [-0.15, -0.1) is 24.0 Å². The van der Waals surface area contributed by atoms with E-state index in [1.165, 1.54) is 22.9 Å². The van der Waals surface area contributed by atoms with E-state index in [-0.39, 0.29) is 24.0 Å². The first-order valence-electron chi connectivity index (χ1n) is 10.2. The van der Waals surface area contributed by atoms with Crippen molar-refractivity contribution in [2.75, 3.05) is 26.7 Å². The number of fused-ring (bicyclic) bond motifs is 1. The third kappa shape index (κ3) is 5.47. The Morgan fingerprint density at radius 2 is 1.93 bits per heavy atom. The maximum atomic E-state index is 4.56. The average molecular weight is 500 g/mol. The second-order valence-electron chi connectivity index (χ2n) is 7.51. The SMILES string of the molecule is CN=C(NCCc1cccc2cccnc12)N1CCC(Cc2ccccc2)C1.I. The van der Waals surface area contributed by atoms with E-state index in [1.54, 1.807) is 0 Å². The fraction of sp³-hybridized carbons (Fsp3) is 0.333. The van der Waals surface area contributed by atoms with E-state index in [1.807, 2.05) is 19.3 Å². The normalized spacial score (nSPS) is 16.7. The van der Waals surface area contributed by atoms with Gasteiger partial charge in [0, 0.05) is 38.3 Å². The molecule has 1 N–H and O–H groups in total. The molecule has 152 valence electrons. The van der Waals surface area contributed by atoms with Crippen LogP contribution in [0.25, 0.3) is 10.9 Å². The highest BCUT2D eigenvalue weighted by Crippen LogP contribution is 2.21. The van der Waals surface area contributed by atoms with Crippen molar-refractivity contribution in [3.63, 3.8) is 0 Å². The summed E-state index contributed by atoms with van der Waals surface area (Å²) < 4.78 is 0. The van der Waals surface area contributed by atoms with Crippen LogP contribution in [-0.4, -0.2) is 42.5 Å². The van der Waals surface area contributed by atoms with Crippen LogP contribution in [0.3, 0.4) is 0 Å². The first-order valence-corrected chi connectivity index (χ1v) is 10.2. The Hall–Kier alpha value is -2.15. The molecule has 0 saturated carbocycles. The van der Waals surface area contributed by atoms with Crippen LogP contribution in [0.15, 0.2) is 71.9 Å². The van der Waals surface area contributed by atoms with Crippen molar-refractivity contribution in [2.45, 2.75) is 19.3 Å². The number of nitrogens with zero attached hydrogens (tertiary/aromatic N) is 3. The van der Waals surface area contributed by atoms with Gasteiger partial charge in [0.1, 0.15) is 0 Å². The molecule has 1 aliphatic heterocycles. The molecule has 0 aliphatic carbocycles. The first-order chi connectivity index (χ1) is 13.8. The summed E-state index contributed by atoms with van der Waals surface area (Å²) in [6.45, 7) is 3.01. The van der Waals surface area contributed by atoms with Crippen molar-refractivity contribution < 1.29 is 0 Å². The molecule has 0 spiro atoms. The molecule has 3 aromatic rings. The predicted molar refractivity (Wildman–Crippen MR) is 132 cm³/mol. The number of aromatic nitrogens is 1. The number of rotatable bonds is 5. The van der Waals surface area contributed by atoms with Crippen LogP contribution < -0.4 is 5.32 Å². The summed E-state index contributed by atoms with van der Waals surface area (Å²) in [5.41, 5.74) is 3.82. The number of guanidine groups is 1. The molecule has 0 amide bonds. The molecule has 5 heteroatoms. The number of hydrogen-bond donors (Lipinski definition) is 1. The summed E-state index contributed by atoms with van der Waals surface area (Å²) in [6, 6.07) is 21.3. The first kappa shape index (κ1) is 21.6. The highest BCUT2D eigenvalue weighted by molar-refractivity contribution is 14.0. The summed E-state index contributed by atoms with van der Waals surface area (Å²) >= 11 is 0. The van der Waals surface area contributed by atoms with E-state index in [2.05, 4.69) is 74.8 Å². The number of hydrogen-bond acceptors (Lipinski definition) is 2. The highest BCUT2D eigenvalue weighted by Gasteiger charge is 2.24. The van der Waals surface area contributed by atoms with Crippen molar-refractivity contribution in [2.24, 2.45) is 10.9 Å². The van der Waals surface area contributed by atoms with Crippen LogP contribution in [0.1, 0.15) is 17.5 Å². The third-order valence-electron chi connectivity index (χ3n) is 5.56. The fourth-order valence-electron chi connectivity index (χ4n) is 4.15. The number of aliphatic imine (C=N–C) groups is 1. The van der Waals surface area contributed by atoms with Crippen LogP contribution in [-0.2, 0) is 12.8 Å². The zero-order valence-corrected chi connectivity index (χ0v) is 19.3. The lowest BCUT2D eigenvalue weighted by molar-refractivity contribution is 0.460. The Labute approximate surface area is 190 Å². The van der Waals surface area contributed by atoms with Gasteiger partial charge in [-0.05, 0) is 42.4 Å². The second-order valence-corrected chi connectivity index (χ2v) is 7.51. The Kier molecular flexibility index (Phi) is 7.86. The molecule has 0 bridgehead atoms. The lowest BCUT2D eigenvalue weighted by Crippen LogP contribution is -2.41. The fourth-order valence-corrected chi connectivity index (χ4v) is 4.15. The molecule has 2 heterocycles.